The molecule has 110 valence electrons. The van der Waals surface area contributed by atoms with Gasteiger partial charge in [0.15, 0.2) is 0 Å². The highest BCUT2D eigenvalue weighted by atomic mass is 32.2. The van der Waals surface area contributed by atoms with E-state index >= 15 is 0 Å². The van der Waals surface area contributed by atoms with Crippen LogP contribution in [0, 0.1) is 10.1 Å². The lowest BCUT2D eigenvalue weighted by Gasteiger charge is -2.07. The van der Waals surface area contributed by atoms with E-state index in [9.17, 15) is 14.9 Å². The number of nitrogens with zero attached hydrogens (tertiary/aromatic N) is 3. The van der Waals surface area contributed by atoms with Crippen LogP contribution < -0.4 is 4.74 Å². The van der Waals surface area contributed by atoms with Crippen LogP contribution in [0.2, 0.25) is 0 Å². The highest BCUT2D eigenvalue weighted by Crippen LogP contribution is 2.28. The quantitative estimate of drug-likeness (QED) is 0.656. The van der Waals surface area contributed by atoms with Gasteiger partial charge in [-0.25, -0.2) is 0 Å². The summed E-state index contributed by atoms with van der Waals surface area (Å²) in [6.07, 6.45) is 0.381. The molecule has 1 aliphatic rings. The number of hydrogen-bond acceptors (Lipinski definition) is 7. The molecule has 0 aliphatic carbocycles. The molecule has 2 rings (SSSR count). The first kappa shape index (κ1) is 15.0. The number of carbonyl (C=O) groups is 1. The van der Waals surface area contributed by atoms with Gasteiger partial charge in [0, 0.05) is 18.1 Å². The van der Waals surface area contributed by atoms with Crippen LogP contribution in [-0.4, -0.2) is 39.6 Å². The Balaban J connectivity index is 2.14. The van der Waals surface area contributed by atoms with Crippen molar-refractivity contribution in [2.75, 3.05) is 12.9 Å². The van der Waals surface area contributed by atoms with Crippen LogP contribution in [0.1, 0.15) is 12.0 Å². The van der Waals surface area contributed by atoms with Crippen molar-refractivity contribution in [3.05, 3.63) is 33.9 Å². The van der Waals surface area contributed by atoms with Crippen LogP contribution in [0.5, 0.6) is 5.75 Å². The molecule has 1 heterocycles. The molecule has 0 aromatic heterocycles. The molecule has 9 heteroatoms. The van der Waals surface area contributed by atoms with Crippen LogP contribution in [0.4, 0.5) is 5.69 Å². The van der Waals surface area contributed by atoms with Gasteiger partial charge in [-0.3, -0.25) is 14.9 Å². The monoisotopic (exact) mass is 309 g/mol. The summed E-state index contributed by atoms with van der Waals surface area (Å²) >= 11 is 1.10. The van der Waals surface area contributed by atoms with Gasteiger partial charge in [-0.2, -0.15) is 5.10 Å². The lowest BCUT2D eigenvalue weighted by Crippen LogP contribution is -2.07. The molecule has 0 atom stereocenters. The van der Waals surface area contributed by atoms with Gasteiger partial charge < -0.3 is 9.84 Å². The molecule has 0 saturated heterocycles. The van der Waals surface area contributed by atoms with Crippen molar-refractivity contribution < 1.29 is 19.6 Å². The predicted octanol–water partition coefficient (Wildman–Crippen LogP) is 1.93. The first-order valence-electron chi connectivity index (χ1n) is 5.82. The van der Waals surface area contributed by atoms with Crippen molar-refractivity contribution in [3.8, 4) is 5.75 Å². The predicted molar refractivity (Wildman–Crippen MR) is 78.3 cm³/mol. The number of nitro benzene ring substituents is 1. The number of rotatable bonds is 5. The van der Waals surface area contributed by atoms with Gasteiger partial charge in [-0.1, -0.05) is 11.8 Å². The molecular formula is C12H11N3O5S. The topological polar surface area (TPSA) is 114 Å². The third-order valence-corrected chi connectivity index (χ3v) is 3.62. The molecule has 0 spiro atoms. The molecule has 0 unspecified atom stereocenters. The standard InChI is InChI=1S/C12H11N3O5S/c1-20-10-4-7(15(18)19)2-3-8(10)9-5-11(14-13-9)21-6-12(16)17/h2-4H,5-6H2,1H3,(H,16,17). The van der Waals surface area contributed by atoms with E-state index in [-0.39, 0.29) is 11.4 Å². The van der Waals surface area contributed by atoms with Crippen molar-refractivity contribution in [3.63, 3.8) is 0 Å². The molecule has 0 saturated carbocycles. The highest BCUT2D eigenvalue weighted by Gasteiger charge is 2.21. The Morgan fingerprint density at radius 3 is 2.90 bits per heavy atom. The molecule has 1 N–H and O–H groups in total. The summed E-state index contributed by atoms with van der Waals surface area (Å²) in [7, 11) is 1.42. The minimum atomic E-state index is -0.927. The van der Waals surface area contributed by atoms with Crippen molar-refractivity contribution in [2.45, 2.75) is 6.42 Å². The molecule has 0 amide bonds. The minimum Gasteiger partial charge on any atom is -0.496 e. The minimum absolute atomic E-state index is 0.0735. The summed E-state index contributed by atoms with van der Waals surface area (Å²) in [6.45, 7) is 0. The fourth-order valence-electron chi connectivity index (χ4n) is 1.74. The molecule has 0 fully saturated rings. The lowest BCUT2D eigenvalue weighted by molar-refractivity contribution is -0.384. The van der Waals surface area contributed by atoms with Crippen LogP contribution in [-0.2, 0) is 4.79 Å². The number of thioether (sulfide) groups is 1. The summed E-state index contributed by atoms with van der Waals surface area (Å²) in [5.74, 6) is -0.675. The Labute approximate surface area is 123 Å². The van der Waals surface area contributed by atoms with Crippen LogP contribution in [0.25, 0.3) is 0 Å². The molecule has 21 heavy (non-hydrogen) atoms. The Hall–Kier alpha value is -2.42. The van der Waals surface area contributed by atoms with Crippen LogP contribution >= 0.6 is 11.8 Å². The van der Waals surface area contributed by atoms with E-state index in [1.807, 2.05) is 0 Å². The van der Waals surface area contributed by atoms with Gasteiger partial charge in [0.1, 0.15) is 10.8 Å². The van der Waals surface area contributed by atoms with Gasteiger partial charge in [0.2, 0.25) is 0 Å². The zero-order valence-electron chi connectivity index (χ0n) is 11.0. The number of nitro groups is 1. The largest absolute Gasteiger partial charge is 0.496 e. The van der Waals surface area contributed by atoms with Crippen LogP contribution in [0.15, 0.2) is 28.4 Å². The molecule has 1 aliphatic heterocycles. The van der Waals surface area contributed by atoms with Gasteiger partial charge >= 0.3 is 5.97 Å². The van der Waals surface area contributed by atoms with E-state index in [0.29, 0.717) is 28.5 Å². The maximum absolute atomic E-state index is 10.7. The number of hydrogen-bond donors (Lipinski definition) is 1. The number of aliphatic carboxylic acids is 1. The Bertz CT molecular complexity index is 656. The van der Waals surface area contributed by atoms with E-state index in [1.165, 1.54) is 19.2 Å². The SMILES string of the molecule is COc1cc([N+](=O)[O-])ccc1C1=NN=C(SCC(=O)O)C1. The van der Waals surface area contributed by atoms with E-state index in [0.717, 1.165) is 11.8 Å². The molecule has 0 radical (unpaired) electrons. The second-order valence-corrected chi connectivity index (χ2v) is 5.09. The second kappa shape index (κ2) is 6.35. The molecule has 0 bridgehead atoms. The first-order valence-corrected chi connectivity index (χ1v) is 6.80. The molecule has 1 aromatic rings. The summed E-state index contributed by atoms with van der Waals surface area (Å²) in [5, 5.41) is 27.9. The third-order valence-electron chi connectivity index (χ3n) is 2.67. The number of non-ortho nitro benzene ring substituents is 1. The smallest absolute Gasteiger partial charge is 0.313 e. The molecular weight excluding hydrogens is 298 g/mol. The summed E-state index contributed by atoms with van der Waals surface area (Å²) in [4.78, 5) is 20.7. The first-order chi connectivity index (χ1) is 10.0. The van der Waals surface area contributed by atoms with Crippen molar-refractivity contribution in [1.82, 2.24) is 0 Å². The number of methoxy groups -OCH3 is 1. The average Bonchev–Trinajstić information content (AvgIpc) is 2.93. The Morgan fingerprint density at radius 1 is 1.52 bits per heavy atom. The van der Waals surface area contributed by atoms with E-state index < -0.39 is 10.9 Å². The zero-order chi connectivity index (χ0) is 15.4. The average molecular weight is 309 g/mol. The number of carboxylic acid groups (broad SMARTS) is 1. The highest BCUT2D eigenvalue weighted by molar-refractivity contribution is 8.14. The second-order valence-electron chi connectivity index (χ2n) is 4.04. The summed E-state index contributed by atoms with van der Waals surface area (Å²) in [5.41, 5.74) is 1.13. The van der Waals surface area contributed by atoms with Crippen molar-refractivity contribution in [2.24, 2.45) is 10.2 Å². The number of benzene rings is 1. The maximum Gasteiger partial charge on any atom is 0.313 e. The van der Waals surface area contributed by atoms with Crippen molar-refractivity contribution >= 4 is 34.2 Å². The summed E-state index contributed by atoms with van der Waals surface area (Å²) in [6, 6.07) is 4.24. The van der Waals surface area contributed by atoms with E-state index in [4.69, 9.17) is 9.84 Å². The van der Waals surface area contributed by atoms with E-state index in [2.05, 4.69) is 10.2 Å². The normalized spacial score (nSPS) is 13.6. The van der Waals surface area contributed by atoms with Gasteiger partial charge in [-0.05, 0) is 6.07 Å². The fourth-order valence-corrected chi connectivity index (χ4v) is 2.36. The maximum atomic E-state index is 10.7. The molecule has 8 nitrogen and oxygen atoms in total. The Morgan fingerprint density at radius 2 is 2.29 bits per heavy atom. The molecule has 1 aromatic carbocycles. The summed E-state index contributed by atoms with van der Waals surface area (Å²) < 4.78 is 5.14. The van der Waals surface area contributed by atoms with Gasteiger partial charge in [0.05, 0.1) is 29.6 Å². The zero-order valence-corrected chi connectivity index (χ0v) is 11.8. The lowest BCUT2D eigenvalue weighted by atomic mass is 10.1. The fraction of sp³-hybridized carbons (Fsp3) is 0.250. The third kappa shape index (κ3) is 3.57. The van der Waals surface area contributed by atoms with Gasteiger partial charge in [-0.15, -0.1) is 5.10 Å². The van der Waals surface area contributed by atoms with Gasteiger partial charge in [0.25, 0.3) is 5.69 Å². The van der Waals surface area contributed by atoms with Crippen LogP contribution in [0.3, 0.4) is 0 Å². The van der Waals surface area contributed by atoms with Crippen molar-refractivity contribution in [1.29, 1.82) is 0 Å². The van der Waals surface area contributed by atoms with E-state index in [1.54, 1.807) is 6.07 Å². The number of ether oxygens (including phenoxy) is 1. The Kier molecular flexibility index (Phi) is 4.53. The number of carboxylic acids is 1.